The van der Waals surface area contributed by atoms with E-state index in [1.165, 1.54) is 0 Å². The highest BCUT2D eigenvalue weighted by Crippen LogP contribution is 2.13. The third kappa shape index (κ3) is 5.51. The molecule has 2 rings (SSSR count). The highest BCUT2D eigenvalue weighted by molar-refractivity contribution is 5.89. The Morgan fingerprint density at radius 3 is 2.22 bits per heavy atom. The van der Waals surface area contributed by atoms with E-state index in [2.05, 4.69) is 5.32 Å². The molecule has 0 heterocycles. The zero-order chi connectivity index (χ0) is 16.7. The second-order valence-corrected chi connectivity index (χ2v) is 5.70. The molecule has 3 unspecified atom stereocenters. The van der Waals surface area contributed by atoms with Crippen LogP contribution in [0.25, 0.3) is 0 Å². The maximum atomic E-state index is 12.0. The first-order valence-electron chi connectivity index (χ1n) is 7.81. The summed E-state index contributed by atoms with van der Waals surface area (Å²) >= 11 is 0. The Balaban J connectivity index is 1.80. The Morgan fingerprint density at radius 1 is 1.04 bits per heavy atom. The van der Waals surface area contributed by atoms with Gasteiger partial charge in [-0.2, -0.15) is 0 Å². The molecule has 0 amide bonds. The van der Waals surface area contributed by atoms with Crippen molar-refractivity contribution in [2.75, 3.05) is 0 Å². The van der Waals surface area contributed by atoms with Crippen LogP contribution in [-0.2, 0) is 4.74 Å². The van der Waals surface area contributed by atoms with Crippen molar-refractivity contribution in [3.63, 3.8) is 0 Å². The zero-order valence-electron chi connectivity index (χ0n) is 13.5. The SMILES string of the molecule is CC(CC(C)OC(=O)c1ccccc1)NC(O)c1ccccc1. The number of nitrogens with one attached hydrogen (secondary N) is 1. The first kappa shape index (κ1) is 17.2. The van der Waals surface area contributed by atoms with Gasteiger partial charge in [0.2, 0.25) is 0 Å². The third-order valence-corrected chi connectivity index (χ3v) is 3.56. The van der Waals surface area contributed by atoms with Crippen molar-refractivity contribution in [2.24, 2.45) is 0 Å². The minimum absolute atomic E-state index is 0.00350. The van der Waals surface area contributed by atoms with E-state index in [4.69, 9.17) is 4.74 Å². The van der Waals surface area contributed by atoms with Gasteiger partial charge in [-0.05, 0) is 38.0 Å². The zero-order valence-corrected chi connectivity index (χ0v) is 13.5. The van der Waals surface area contributed by atoms with Gasteiger partial charge in [0.15, 0.2) is 0 Å². The Hall–Kier alpha value is -2.17. The fourth-order valence-electron chi connectivity index (χ4n) is 2.44. The van der Waals surface area contributed by atoms with E-state index in [9.17, 15) is 9.90 Å². The number of aliphatic hydroxyl groups is 1. The molecule has 0 saturated carbocycles. The standard InChI is InChI=1S/C19H23NO3/c1-14(20-18(21)16-9-5-3-6-10-16)13-15(2)23-19(22)17-11-7-4-8-12-17/h3-12,14-15,18,20-21H,13H2,1-2H3. The average Bonchev–Trinajstić information content (AvgIpc) is 2.56. The molecule has 3 atom stereocenters. The predicted molar refractivity (Wildman–Crippen MR) is 89.9 cm³/mol. The topological polar surface area (TPSA) is 58.6 Å². The van der Waals surface area contributed by atoms with Crippen LogP contribution >= 0.6 is 0 Å². The van der Waals surface area contributed by atoms with Gasteiger partial charge < -0.3 is 9.84 Å². The van der Waals surface area contributed by atoms with E-state index in [1.807, 2.05) is 62.4 Å². The van der Waals surface area contributed by atoms with E-state index >= 15 is 0 Å². The summed E-state index contributed by atoms with van der Waals surface area (Å²) in [5.41, 5.74) is 1.36. The van der Waals surface area contributed by atoms with Crippen LogP contribution in [0.15, 0.2) is 60.7 Å². The fraction of sp³-hybridized carbons (Fsp3) is 0.316. The molecule has 23 heavy (non-hydrogen) atoms. The summed E-state index contributed by atoms with van der Waals surface area (Å²) in [6.07, 6.45) is -0.362. The first-order chi connectivity index (χ1) is 11.1. The number of benzene rings is 2. The number of hydrogen-bond acceptors (Lipinski definition) is 4. The highest BCUT2D eigenvalue weighted by atomic mass is 16.5. The first-order valence-corrected chi connectivity index (χ1v) is 7.81. The Kier molecular flexibility index (Phi) is 6.32. The molecular formula is C19H23NO3. The molecular weight excluding hydrogens is 290 g/mol. The average molecular weight is 313 g/mol. The molecule has 2 aromatic rings. The second-order valence-electron chi connectivity index (χ2n) is 5.70. The normalized spacial score (nSPS) is 14.7. The lowest BCUT2D eigenvalue weighted by molar-refractivity contribution is 0.0284. The molecule has 122 valence electrons. The summed E-state index contributed by atoms with van der Waals surface area (Å²) in [7, 11) is 0. The molecule has 0 aliphatic rings. The van der Waals surface area contributed by atoms with Gasteiger partial charge in [0.05, 0.1) is 5.56 Å². The fourth-order valence-corrected chi connectivity index (χ4v) is 2.44. The van der Waals surface area contributed by atoms with Crippen molar-refractivity contribution in [2.45, 2.75) is 38.6 Å². The van der Waals surface area contributed by atoms with E-state index < -0.39 is 6.23 Å². The molecule has 2 N–H and O–H groups in total. The maximum Gasteiger partial charge on any atom is 0.338 e. The molecule has 0 bridgehead atoms. The van der Waals surface area contributed by atoms with Gasteiger partial charge in [-0.1, -0.05) is 48.5 Å². The molecule has 2 aromatic carbocycles. The van der Waals surface area contributed by atoms with Gasteiger partial charge in [-0.15, -0.1) is 0 Å². The van der Waals surface area contributed by atoms with Gasteiger partial charge in [0, 0.05) is 6.04 Å². The van der Waals surface area contributed by atoms with Crippen molar-refractivity contribution in [3.8, 4) is 0 Å². The summed E-state index contributed by atoms with van der Waals surface area (Å²) in [4.78, 5) is 12.0. The van der Waals surface area contributed by atoms with Crippen LogP contribution in [0.3, 0.4) is 0 Å². The largest absolute Gasteiger partial charge is 0.459 e. The summed E-state index contributed by atoms with van der Waals surface area (Å²) in [5.74, 6) is -0.325. The van der Waals surface area contributed by atoms with Crippen molar-refractivity contribution < 1.29 is 14.6 Å². The van der Waals surface area contributed by atoms with Crippen molar-refractivity contribution in [1.82, 2.24) is 5.32 Å². The molecule has 0 aliphatic heterocycles. The highest BCUT2D eigenvalue weighted by Gasteiger charge is 2.17. The van der Waals surface area contributed by atoms with Crippen molar-refractivity contribution >= 4 is 5.97 Å². The number of ether oxygens (including phenoxy) is 1. The van der Waals surface area contributed by atoms with Gasteiger partial charge >= 0.3 is 5.97 Å². The second kappa shape index (κ2) is 8.46. The number of carbonyl (C=O) groups is 1. The minimum atomic E-state index is -0.733. The summed E-state index contributed by atoms with van der Waals surface area (Å²) < 4.78 is 5.43. The van der Waals surface area contributed by atoms with Gasteiger partial charge in [0.1, 0.15) is 12.3 Å². The third-order valence-electron chi connectivity index (χ3n) is 3.56. The van der Waals surface area contributed by atoms with E-state index in [-0.39, 0.29) is 18.1 Å². The molecule has 0 fully saturated rings. The van der Waals surface area contributed by atoms with Crippen LogP contribution in [0.2, 0.25) is 0 Å². The molecule has 0 saturated heterocycles. The van der Waals surface area contributed by atoms with Gasteiger partial charge in [0.25, 0.3) is 0 Å². The molecule has 4 heteroatoms. The van der Waals surface area contributed by atoms with Gasteiger partial charge in [-0.25, -0.2) is 4.79 Å². The smallest absolute Gasteiger partial charge is 0.338 e. The Bertz CT molecular complexity index is 601. The lowest BCUT2D eigenvalue weighted by atomic mass is 10.1. The summed E-state index contributed by atoms with van der Waals surface area (Å²) in [5, 5.41) is 13.2. The number of carbonyl (C=O) groups excluding carboxylic acids is 1. The summed E-state index contributed by atoms with van der Waals surface area (Å²) in [6, 6.07) is 18.3. The van der Waals surface area contributed by atoms with Crippen LogP contribution < -0.4 is 5.32 Å². The predicted octanol–water partition coefficient (Wildman–Crippen LogP) is 3.29. The van der Waals surface area contributed by atoms with Crippen LogP contribution in [-0.4, -0.2) is 23.2 Å². The van der Waals surface area contributed by atoms with Crippen LogP contribution in [0.4, 0.5) is 0 Å². The van der Waals surface area contributed by atoms with Crippen LogP contribution in [0.1, 0.15) is 42.4 Å². The minimum Gasteiger partial charge on any atom is -0.459 e. The summed E-state index contributed by atoms with van der Waals surface area (Å²) in [6.45, 7) is 3.81. The van der Waals surface area contributed by atoms with E-state index in [0.29, 0.717) is 12.0 Å². The van der Waals surface area contributed by atoms with Crippen LogP contribution in [0, 0.1) is 0 Å². The van der Waals surface area contributed by atoms with Crippen molar-refractivity contribution in [1.29, 1.82) is 0 Å². The molecule has 0 aliphatic carbocycles. The van der Waals surface area contributed by atoms with Crippen LogP contribution in [0.5, 0.6) is 0 Å². The Morgan fingerprint density at radius 2 is 1.61 bits per heavy atom. The molecule has 0 spiro atoms. The number of aliphatic hydroxyl groups excluding tert-OH is 1. The number of hydrogen-bond donors (Lipinski definition) is 2. The monoisotopic (exact) mass is 313 g/mol. The van der Waals surface area contributed by atoms with E-state index in [1.54, 1.807) is 12.1 Å². The lowest BCUT2D eigenvalue weighted by Gasteiger charge is -2.22. The lowest BCUT2D eigenvalue weighted by Crippen LogP contribution is -2.34. The van der Waals surface area contributed by atoms with E-state index in [0.717, 1.165) is 5.56 Å². The van der Waals surface area contributed by atoms with Gasteiger partial charge in [-0.3, -0.25) is 5.32 Å². The number of esters is 1. The Labute approximate surface area is 137 Å². The molecule has 4 nitrogen and oxygen atoms in total. The number of rotatable bonds is 7. The maximum absolute atomic E-state index is 12.0. The van der Waals surface area contributed by atoms with Crippen molar-refractivity contribution in [3.05, 3.63) is 71.8 Å². The quantitative estimate of drug-likeness (QED) is 0.608. The molecule has 0 radical (unpaired) electrons. The molecule has 0 aromatic heterocycles.